The zero-order chi connectivity index (χ0) is 18.3. The van der Waals surface area contributed by atoms with E-state index in [9.17, 15) is 4.79 Å². The number of amides is 1. The molecule has 0 aliphatic heterocycles. The summed E-state index contributed by atoms with van der Waals surface area (Å²) >= 11 is 0. The largest absolute Gasteiger partial charge is 0.444 e. The second-order valence-corrected chi connectivity index (χ2v) is 6.79. The van der Waals surface area contributed by atoms with Gasteiger partial charge in [-0.25, -0.2) is 9.48 Å². The fraction of sp³-hybridized carbons (Fsp3) is 0.368. The van der Waals surface area contributed by atoms with Crippen LogP contribution in [0.25, 0.3) is 6.20 Å². The molecule has 6 heteroatoms. The maximum atomic E-state index is 11.6. The molecule has 0 saturated heterocycles. The molecule has 0 aliphatic rings. The van der Waals surface area contributed by atoms with Crippen LogP contribution in [0.1, 0.15) is 37.5 Å². The van der Waals surface area contributed by atoms with Crippen molar-refractivity contribution in [3.63, 3.8) is 0 Å². The molecule has 0 radical (unpaired) electrons. The predicted molar refractivity (Wildman–Crippen MR) is 98.7 cm³/mol. The Bertz CT molecular complexity index is 699. The molecule has 0 unspecified atom stereocenters. The summed E-state index contributed by atoms with van der Waals surface area (Å²) in [6.07, 6.45) is 5.01. The van der Waals surface area contributed by atoms with E-state index in [1.165, 1.54) is 5.56 Å². The first kappa shape index (κ1) is 18.7. The fourth-order valence-corrected chi connectivity index (χ4v) is 2.18. The smallest absolute Gasteiger partial charge is 0.407 e. The van der Waals surface area contributed by atoms with Gasteiger partial charge in [0.25, 0.3) is 0 Å². The first-order chi connectivity index (χ1) is 11.9. The number of aromatic nitrogens is 2. The van der Waals surface area contributed by atoms with Gasteiger partial charge in [-0.15, -0.1) is 0 Å². The molecule has 1 aromatic carbocycles. The molecule has 2 N–H and O–H groups in total. The van der Waals surface area contributed by atoms with Gasteiger partial charge in [0.05, 0.1) is 6.20 Å². The van der Waals surface area contributed by atoms with Crippen molar-refractivity contribution >= 4 is 12.3 Å². The maximum Gasteiger partial charge on any atom is 0.407 e. The lowest BCUT2D eigenvalue weighted by molar-refractivity contribution is 0.0523. The summed E-state index contributed by atoms with van der Waals surface area (Å²) in [7, 11) is 0. The van der Waals surface area contributed by atoms with Gasteiger partial charge in [-0.1, -0.05) is 30.8 Å². The summed E-state index contributed by atoms with van der Waals surface area (Å²) in [6.45, 7) is 11.2. The quantitative estimate of drug-likeness (QED) is 0.810. The minimum absolute atomic E-state index is 0.404. The molecule has 2 rings (SSSR count). The van der Waals surface area contributed by atoms with Gasteiger partial charge >= 0.3 is 6.09 Å². The Balaban J connectivity index is 1.73. The lowest BCUT2D eigenvalue weighted by Gasteiger charge is -2.19. The van der Waals surface area contributed by atoms with Crippen LogP contribution in [0.15, 0.2) is 43.2 Å². The summed E-state index contributed by atoms with van der Waals surface area (Å²) < 4.78 is 6.90. The Labute approximate surface area is 148 Å². The van der Waals surface area contributed by atoms with Crippen LogP contribution in [0.5, 0.6) is 0 Å². The first-order valence-corrected chi connectivity index (χ1v) is 8.27. The van der Waals surface area contributed by atoms with E-state index >= 15 is 0 Å². The first-order valence-electron chi connectivity index (χ1n) is 8.27. The molecule has 0 saturated carbocycles. The van der Waals surface area contributed by atoms with Crippen LogP contribution in [-0.4, -0.2) is 21.5 Å². The van der Waals surface area contributed by atoms with Crippen LogP contribution in [-0.2, 0) is 24.4 Å². The Morgan fingerprint density at radius 1 is 1.16 bits per heavy atom. The molecular formula is C19H26N4O2. The Morgan fingerprint density at radius 2 is 1.76 bits per heavy atom. The van der Waals surface area contributed by atoms with Crippen molar-refractivity contribution in [1.82, 2.24) is 20.4 Å². The van der Waals surface area contributed by atoms with Crippen LogP contribution in [0.4, 0.5) is 4.79 Å². The molecule has 134 valence electrons. The Hall–Kier alpha value is -2.60. The summed E-state index contributed by atoms with van der Waals surface area (Å²) in [4.78, 5) is 11.6. The standard InChI is InChI=1S/C19H26N4O2/c1-5-23-14-17(13-22-23)11-20-10-15-6-8-16(9-7-15)12-21-18(24)25-19(2,3)4/h5-9,13-14,20H,1,10-12H2,2-4H3,(H,21,24). The number of rotatable bonds is 7. The van der Waals surface area contributed by atoms with Gasteiger partial charge in [0.1, 0.15) is 5.60 Å². The highest BCUT2D eigenvalue weighted by Gasteiger charge is 2.15. The number of alkyl carbamates (subject to hydrolysis) is 1. The van der Waals surface area contributed by atoms with E-state index in [1.807, 2.05) is 57.4 Å². The molecule has 1 amide bonds. The Kier molecular flexibility index (Phi) is 6.36. The van der Waals surface area contributed by atoms with Gasteiger partial charge in [0, 0.05) is 37.6 Å². The van der Waals surface area contributed by atoms with Gasteiger partial charge in [-0.05, 0) is 31.9 Å². The van der Waals surface area contributed by atoms with Crippen molar-refractivity contribution in [1.29, 1.82) is 0 Å². The van der Waals surface area contributed by atoms with E-state index < -0.39 is 11.7 Å². The molecule has 0 atom stereocenters. The molecule has 1 aromatic heterocycles. The molecule has 1 heterocycles. The van der Waals surface area contributed by atoms with Crippen LogP contribution >= 0.6 is 0 Å². The number of nitrogens with one attached hydrogen (secondary N) is 2. The van der Waals surface area contributed by atoms with Gasteiger partial charge in [0.15, 0.2) is 0 Å². The minimum Gasteiger partial charge on any atom is -0.444 e. The van der Waals surface area contributed by atoms with Crippen molar-refractivity contribution < 1.29 is 9.53 Å². The van der Waals surface area contributed by atoms with Crippen molar-refractivity contribution in [2.75, 3.05) is 0 Å². The van der Waals surface area contributed by atoms with Crippen LogP contribution < -0.4 is 10.6 Å². The summed E-state index contributed by atoms with van der Waals surface area (Å²) in [5.74, 6) is 0. The average molecular weight is 342 g/mol. The monoisotopic (exact) mass is 342 g/mol. The van der Waals surface area contributed by atoms with Gasteiger partial charge < -0.3 is 15.4 Å². The van der Waals surface area contributed by atoms with E-state index in [0.29, 0.717) is 6.54 Å². The third-order valence-electron chi connectivity index (χ3n) is 3.36. The highest BCUT2D eigenvalue weighted by molar-refractivity contribution is 5.67. The number of carbonyl (C=O) groups excluding carboxylic acids is 1. The Morgan fingerprint density at radius 3 is 2.32 bits per heavy atom. The van der Waals surface area contributed by atoms with Crippen LogP contribution in [0, 0.1) is 0 Å². The zero-order valence-electron chi connectivity index (χ0n) is 15.1. The SMILES string of the molecule is C=Cn1cc(CNCc2ccc(CNC(=O)OC(C)(C)C)cc2)cn1. The molecule has 0 bridgehead atoms. The maximum absolute atomic E-state index is 11.6. The summed E-state index contributed by atoms with van der Waals surface area (Å²) in [5, 5.41) is 10.3. The lowest BCUT2D eigenvalue weighted by Crippen LogP contribution is -2.32. The second kappa shape index (κ2) is 8.48. The zero-order valence-corrected chi connectivity index (χ0v) is 15.1. The molecule has 25 heavy (non-hydrogen) atoms. The number of ether oxygens (including phenoxy) is 1. The van der Waals surface area contributed by atoms with E-state index in [2.05, 4.69) is 22.3 Å². The third-order valence-corrected chi connectivity index (χ3v) is 3.36. The van der Waals surface area contributed by atoms with E-state index in [-0.39, 0.29) is 0 Å². The van der Waals surface area contributed by atoms with Crippen molar-refractivity contribution in [2.45, 2.75) is 46.0 Å². The molecule has 0 aliphatic carbocycles. The fourth-order valence-electron chi connectivity index (χ4n) is 2.18. The van der Waals surface area contributed by atoms with Crippen molar-refractivity contribution in [3.8, 4) is 0 Å². The number of benzene rings is 1. The van der Waals surface area contributed by atoms with Gasteiger partial charge in [-0.3, -0.25) is 0 Å². The normalized spacial score (nSPS) is 11.2. The van der Waals surface area contributed by atoms with Gasteiger partial charge in [0.2, 0.25) is 0 Å². The average Bonchev–Trinajstić information content (AvgIpc) is 3.00. The molecule has 2 aromatic rings. The highest BCUT2D eigenvalue weighted by atomic mass is 16.6. The number of hydrogen-bond donors (Lipinski definition) is 2. The number of nitrogens with zero attached hydrogens (tertiary/aromatic N) is 2. The highest BCUT2D eigenvalue weighted by Crippen LogP contribution is 2.08. The van der Waals surface area contributed by atoms with E-state index in [4.69, 9.17) is 4.74 Å². The van der Waals surface area contributed by atoms with E-state index in [1.54, 1.807) is 10.9 Å². The third kappa shape index (κ3) is 6.81. The topological polar surface area (TPSA) is 68.2 Å². The van der Waals surface area contributed by atoms with Crippen LogP contribution in [0.3, 0.4) is 0 Å². The summed E-state index contributed by atoms with van der Waals surface area (Å²) in [6, 6.07) is 8.10. The summed E-state index contributed by atoms with van der Waals surface area (Å²) in [5.41, 5.74) is 2.83. The predicted octanol–water partition coefficient (Wildman–Crippen LogP) is 3.30. The number of hydrogen-bond acceptors (Lipinski definition) is 4. The van der Waals surface area contributed by atoms with Gasteiger partial charge in [-0.2, -0.15) is 5.10 Å². The van der Waals surface area contributed by atoms with Crippen molar-refractivity contribution in [3.05, 3.63) is 59.9 Å². The minimum atomic E-state index is -0.484. The number of carbonyl (C=O) groups is 1. The van der Waals surface area contributed by atoms with Crippen molar-refractivity contribution in [2.24, 2.45) is 0 Å². The molecular weight excluding hydrogens is 316 g/mol. The second-order valence-electron chi connectivity index (χ2n) is 6.79. The molecule has 0 fully saturated rings. The van der Waals surface area contributed by atoms with Crippen LogP contribution in [0.2, 0.25) is 0 Å². The lowest BCUT2D eigenvalue weighted by atomic mass is 10.1. The molecule has 6 nitrogen and oxygen atoms in total. The molecule has 0 spiro atoms. The van der Waals surface area contributed by atoms with E-state index in [0.717, 1.165) is 24.2 Å².